The molecule has 3 rings (SSSR count). The van der Waals surface area contributed by atoms with Gasteiger partial charge in [-0.15, -0.1) is 11.3 Å². The van der Waals surface area contributed by atoms with Gasteiger partial charge in [-0.1, -0.05) is 41.6 Å². The Balaban J connectivity index is 1.39. The average molecular weight is 374 g/mol. The number of nitrogens with one attached hydrogen (secondary N) is 1. The summed E-state index contributed by atoms with van der Waals surface area (Å²) in [7, 11) is 0. The standard InChI is InChI=1S/C19H20ClN3OS/c20-18-9-8-17(25-18)15-22-11-13-23(14-12-22)19(24)21-10-4-7-16-5-2-1-3-6-16/h1-3,5-6,8-9H,10-15H2,(H,21,24). The van der Waals surface area contributed by atoms with Crippen molar-refractivity contribution in [2.45, 2.75) is 6.54 Å². The van der Waals surface area contributed by atoms with Gasteiger partial charge in [0.15, 0.2) is 0 Å². The van der Waals surface area contributed by atoms with Gasteiger partial charge in [0.25, 0.3) is 0 Å². The van der Waals surface area contributed by atoms with Crippen LogP contribution in [-0.4, -0.2) is 48.6 Å². The molecular formula is C19H20ClN3OS. The van der Waals surface area contributed by atoms with E-state index in [4.69, 9.17) is 11.6 Å². The van der Waals surface area contributed by atoms with Crippen molar-refractivity contribution < 1.29 is 4.79 Å². The van der Waals surface area contributed by atoms with Crippen LogP contribution >= 0.6 is 22.9 Å². The molecule has 0 unspecified atom stereocenters. The number of benzene rings is 1. The fourth-order valence-corrected chi connectivity index (χ4v) is 3.80. The first-order valence-electron chi connectivity index (χ1n) is 8.24. The van der Waals surface area contributed by atoms with Gasteiger partial charge in [-0.2, -0.15) is 0 Å². The number of hydrogen-bond acceptors (Lipinski definition) is 3. The maximum Gasteiger partial charge on any atom is 0.318 e. The largest absolute Gasteiger partial charge is 0.327 e. The minimum absolute atomic E-state index is 0.0406. The van der Waals surface area contributed by atoms with Crippen molar-refractivity contribution in [1.82, 2.24) is 15.1 Å². The molecule has 2 amide bonds. The Bertz CT molecular complexity index is 758. The zero-order valence-electron chi connectivity index (χ0n) is 13.9. The van der Waals surface area contributed by atoms with Gasteiger partial charge in [0, 0.05) is 43.2 Å². The maximum absolute atomic E-state index is 12.2. The molecule has 1 aliphatic rings. The van der Waals surface area contributed by atoms with Crippen molar-refractivity contribution in [3.8, 4) is 11.8 Å². The summed E-state index contributed by atoms with van der Waals surface area (Å²) >= 11 is 7.59. The van der Waals surface area contributed by atoms with E-state index in [1.807, 2.05) is 41.3 Å². The van der Waals surface area contributed by atoms with Gasteiger partial charge in [-0.3, -0.25) is 4.90 Å². The van der Waals surface area contributed by atoms with Crippen LogP contribution in [-0.2, 0) is 6.54 Å². The molecule has 1 aliphatic heterocycles. The Morgan fingerprint density at radius 3 is 2.56 bits per heavy atom. The van der Waals surface area contributed by atoms with E-state index in [-0.39, 0.29) is 6.03 Å². The SMILES string of the molecule is O=C(NCC#Cc1ccccc1)N1CCN(Cc2ccc(Cl)s2)CC1. The molecule has 1 aromatic heterocycles. The van der Waals surface area contributed by atoms with E-state index in [0.29, 0.717) is 6.54 Å². The van der Waals surface area contributed by atoms with Crippen LogP contribution in [0.4, 0.5) is 4.79 Å². The number of thiophene rings is 1. The number of carbonyl (C=O) groups is 1. The molecule has 130 valence electrons. The highest BCUT2D eigenvalue weighted by molar-refractivity contribution is 7.16. The normalized spacial score (nSPS) is 14.7. The molecule has 1 N–H and O–H groups in total. The first-order chi connectivity index (χ1) is 12.2. The fraction of sp³-hybridized carbons (Fsp3) is 0.316. The highest BCUT2D eigenvalue weighted by Crippen LogP contribution is 2.23. The summed E-state index contributed by atoms with van der Waals surface area (Å²) in [6.07, 6.45) is 0. The highest BCUT2D eigenvalue weighted by Gasteiger charge is 2.20. The summed E-state index contributed by atoms with van der Waals surface area (Å²) < 4.78 is 0.824. The smallest absolute Gasteiger partial charge is 0.318 e. The molecule has 1 aromatic carbocycles. The Labute approximate surface area is 157 Å². The highest BCUT2D eigenvalue weighted by atomic mass is 35.5. The molecular weight excluding hydrogens is 354 g/mol. The van der Waals surface area contributed by atoms with Gasteiger partial charge in [0.2, 0.25) is 0 Å². The van der Waals surface area contributed by atoms with Crippen LogP contribution in [0.15, 0.2) is 42.5 Å². The third kappa shape index (κ3) is 5.50. The van der Waals surface area contributed by atoms with E-state index < -0.39 is 0 Å². The summed E-state index contributed by atoms with van der Waals surface area (Å²) in [6, 6.07) is 13.7. The summed E-state index contributed by atoms with van der Waals surface area (Å²) in [5.74, 6) is 6.02. The lowest BCUT2D eigenvalue weighted by Gasteiger charge is -2.34. The molecule has 6 heteroatoms. The van der Waals surface area contributed by atoms with Gasteiger partial charge < -0.3 is 10.2 Å². The molecule has 1 fully saturated rings. The van der Waals surface area contributed by atoms with E-state index in [9.17, 15) is 4.79 Å². The first-order valence-corrected chi connectivity index (χ1v) is 9.43. The van der Waals surface area contributed by atoms with Crippen LogP contribution in [0.25, 0.3) is 0 Å². The predicted octanol–water partition coefficient (Wildman–Crippen LogP) is 3.28. The number of carbonyl (C=O) groups excluding carboxylic acids is 1. The third-order valence-corrected chi connectivity index (χ3v) is 5.22. The van der Waals surface area contributed by atoms with Crippen molar-refractivity contribution in [2.75, 3.05) is 32.7 Å². The molecule has 0 bridgehead atoms. The third-order valence-electron chi connectivity index (χ3n) is 4.00. The lowest BCUT2D eigenvalue weighted by atomic mass is 10.2. The molecule has 0 saturated carbocycles. The summed E-state index contributed by atoms with van der Waals surface area (Å²) in [5.41, 5.74) is 0.957. The Kier molecular flexibility index (Phi) is 6.35. The van der Waals surface area contributed by atoms with Crippen molar-refractivity contribution >= 4 is 29.0 Å². The number of urea groups is 1. The van der Waals surface area contributed by atoms with Crippen molar-refractivity contribution in [3.63, 3.8) is 0 Å². The minimum Gasteiger partial charge on any atom is -0.327 e. The molecule has 2 heterocycles. The summed E-state index contributed by atoms with van der Waals surface area (Å²) in [5, 5.41) is 2.87. The van der Waals surface area contributed by atoms with Crippen molar-refractivity contribution in [2.24, 2.45) is 0 Å². The molecule has 2 aromatic rings. The fourth-order valence-electron chi connectivity index (χ4n) is 2.67. The van der Waals surface area contributed by atoms with Crippen LogP contribution in [0, 0.1) is 11.8 Å². The number of halogens is 1. The van der Waals surface area contributed by atoms with Gasteiger partial charge in [-0.25, -0.2) is 4.79 Å². The van der Waals surface area contributed by atoms with Crippen LogP contribution in [0.5, 0.6) is 0 Å². The number of amides is 2. The van der Waals surface area contributed by atoms with E-state index >= 15 is 0 Å². The van der Waals surface area contributed by atoms with Gasteiger partial charge >= 0.3 is 6.03 Å². The van der Waals surface area contributed by atoms with E-state index in [1.165, 1.54) is 4.88 Å². The number of rotatable bonds is 3. The summed E-state index contributed by atoms with van der Waals surface area (Å²) in [4.78, 5) is 17.7. The molecule has 25 heavy (non-hydrogen) atoms. The first kappa shape index (κ1) is 17.8. The second-order valence-electron chi connectivity index (χ2n) is 5.80. The Hall–Kier alpha value is -2.00. The molecule has 4 nitrogen and oxygen atoms in total. The van der Waals surface area contributed by atoms with Crippen LogP contribution < -0.4 is 5.32 Å². The number of piperazine rings is 1. The predicted molar refractivity (Wildman–Crippen MR) is 103 cm³/mol. The zero-order valence-corrected chi connectivity index (χ0v) is 15.4. The molecule has 0 radical (unpaired) electrons. The average Bonchev–Trinajstić information content (AvgIpc) is 3.05. The van der Waals surface area contributed by atoms with E-state index in [0.717, 1.165) is 42.6 Å². The lowest BCUT2D eigenvalue weighted by molar-refractivity contribution is 0.136. The molecule has 1 saturated heterocycles. The van der Waals surface area contributed by atoms with Gasteiger partial charge in [-0.05, 0) is 24.3 Å². The van der Waals surface area contributed by atoms with Crippen LogP contribution in [0.3, 0.4) is 0 Å². The maximum atomic E-state index is 12.2. The Morgan fingerprint density at radius 2 is 1.88 bits per heavy atom. The lowest BCUT2D eigenvalue weighted by Crippen LogP contribution is -2.51. The molecule has 0 spiro atoms. The molecule has 0 atom stereocenters. The van der Waals surface area contributed by atoms with Gasteiger partial charge in [0.05, 0.1) is 10.9 Å². The Morgan fingerprint density at radius 1 is 1.12 bits per heavy atom. The summed E-state index contributed by atoms with van der Waals surface area (Å²) in [6.45, 7) is 4.47. The topological polar surface area (TPSA) is 35.6 Å². The number of hydrogen-bond donors (Lipinski definition) is 1. The quantitative estimate of drug-likeness (QED) is 0.838. The van der Waals surface area contributed by atoms with Crippen molar-refractivity contribution in [3.05, 3.63) is 57.2 Å². The van der Waals surface area contributed by atoms with Crippen molar-refractivity contribution in [1.29, 1.82) is 0 Å². The zero-order chi connectivity index (χ0) is 17.5. The minimum atomic E-state index is -0.0406. The van der Waals surface area contributed by atoms with Crippen LogP contribution in [0.1, 0.15) is 10.4 Å². The second kappa shape index (κ2) is 8.91. The second-order valence-corrected chi connectivity index (χ2v) is 7.60. The van der Waals surface area contributed by atoms with E-state index in [2.05, 4.69) is 28.1 Å². The molecule has 0 aliphatic carbocycles. The number of nitrogens with zero attached hydrogens (tertiary/aromatic N) is 2. The van der Waals surface area contributed by atoms with E-state index in [1.54, 1.807) is 11.3 Å². The van der Waals surface area contributed by atoms with Gasteiger partial charge in [0.1, 0.15) is 0 Å². The monoisotopic (exact) mass is 373 g/mol. The van der Waals surface area contributed by atoms with Crippen LogP contribution in [0.2, 0.25) is 4.34 Å².